The van der Waals surface area contributed by atoms with Crippen molar-refractivity contribution in [2.75, 3.05) is 18.0 Å². The number of halogens is 1. The number of anilines is 1. The fourth-order valence-corrected chi connectivity index (χ4v) is 3.08. The van der Waals surface area contributed by atoms with Crippen LogP contribution in [0.25, 0.3) is 0 Å². The summed E-state index contributed by atoms with van der Waals surface area (Å²) in [6.07, 6.45) is 8.01. The molecule has 0 amide bonds. The number of thiazole rings is 1. The summed E-state index contributed by atoms with van der Waals surface area (Å²) in [5.74, 6) is 0. The molecule has 3 nitrogen and oxygen atoms in total. The Bertz CT molecular complexity index is 323. The first-order valence-electron chi connectivity index (χ1n) is 6.25. The van der Waals surface area contributed by atoms with Crippen molar-refractivity contribution < 1.29 is 0 Å². The first-order chi connectivity index (χ1) is 7.79. The van der Waals surface area contributed by atoms with Gasteiger partial charge in [-0.1, -0.05) is 6.92 Å². The Morgan fingerprint density at radius 1 is 1.41 bits per heavy atom. The Morgan fingerprint density at radius 2 is 2.12 bits per heavy atom. The summed E-state index contributed by atoms with van der Waals surface area (Å²) in [5, 5.41) is 1.19. The van der Waals surface area contributed by atoms with Crippen LogP contribution in [0.3, 0.4) is 0 Å². The predicted octanol–water partition coefficient (Wildman–Crippen LogP) is 2.84. The van der Waals surface area contributed by atoms with Gasteiger partial charge in [0.2, 0.25) is 0 Å². The van der Waals surface area contributed by atoms with Gasteiger partial charge in [-0.3, -0.25) is 0 Å². The lowest BCUT2D eigenvalue weighted by molar-refractivity contribution is 0.577. The van der Waals surface area contributed by atoms with E-state index in [0.29, 0.717) is 0 Å². The molecule has 0 radical (unpaired) electrons. The third kappa shape index (κ3) is 4.12. The number of hydrogen-bond acceptors (Lipinski definition) is 4. The second-order valence-electron chi connectivity index (χ2n) is 4.53. The van der Waals surface area contributed by atoms with Crippen LogP contribution in [0.15, 0.2) is 6.20 Å². The van der Waals surface area contributed by atoms with E-state index in [1.54, 1.807) is 0 Å². The fraction of sp³-hybridized carbons (Fsp3) is 0.750. The summed E-state index contributed by atoms with van der Waals surface area (Å²) in [7, 11) is 0. The average molecular weight is 276 g/mol. The van der Waals surface area contributed by atoms with E-state index in [9.17, 15) is 0 Å². The standard InChI is InChI=1S/C12H21N3S.ClH/c1-2-10(13)8-11-9-14-12(16-11)15-6-4-3-5-7-15;/h9-10H,2-8,13H2,1H3;1H. The van der Waals surface area contributed by atoms with Gasteiger partial charge in [0, 0.05) is 30.2 Å². The summed E-state index contributed by atoms with van der Waals surface area (Å²) in [4.78, 5) is 8.26. The van der Waals surface area contributed by atoms with E-state index in [1.807, 2.05) is 17.5 Å². The van der Waals surface area contributed by atoms with Gasteiger partial charge in [0.05, 0.1) is 0 Å². The number of rotatable bonds is 4. The Labute approximate surface area is 114 Å². The molecule has 17 heavy (non-hydrogen) atoms. The van der Waals surface area contributed by atoms with Gasteiger partial charge in [0.15, 0.2) is 5.13 Å². The maximum absolute atomic E-state index is 5.96. The van der Waals surface area contributed by atoms with Crippen LogP contribution in [0, 0.1) is 0 Å². The molecular weight excluding hydrogens is 254 g/mol. The van der Waals surface area contributed by atoms with E-state index in [4.69, 9.17) is 5.73 Å². The highest BCUT2D eigenvalue weighted by Crippen LogP contribution is 2.26. The molecule has 0 bridgehead atoms. The highest BCUT2D eigenvalue weighted by molar-refractivity contribution is 7.15. The molecule has 0 aromatic carbocycles. The molecular formula is C12H22ClN3S. The van der Waals surface area contributed by atoms with E-state index in [0.717, 1.165) is 12.8 Å². The van der Waals surface area contributed by atoms with Crippen molar-refractivity contribution in [3.63, 3.8) is 0 Å². The lowest BCUT2D eigenvalue weighted by Crippen LogP contribution is -2.29. The molecule has 1 saturated heterocycles. The van der Waals surface area contributed by atoms with Crippen molar-refractivity contribution in [2.45, 2.75) is 45.1 Å². The predicted molar refractivity (Wildman–Crippen MR) is 77.4 cm³/mol. The van der Waals surface area contributed by atoms with Gasteiger partial charge in [0.1, 0.15) is 0 Å². The van der Waals surface area contributed by atoms with E-state index >= 15 is 0 Å². The Hall–Kier alpha value is -0.320. The van der Waals surface area contributed by atoms with Crippen LogP contribution in [0.1, 0.15) is 37.5 Å². The number of nitrogens with two attached hydrogens (primary N) is 1. The normalized spacial score (nSPS) is 17.6. The van der Waals surface area contributed by atoms with Gasteiger partial charge in [-0.05, 0) is 32.1 Å². The maximum Gasteiger partial charge on any atom is 0.185 e. The number of hydrogen-bond donors (Lipinski definition) is 1. The van der Waals surface area contributed by atoms with Crippen molar-refractivity contribution in [3.8, 4) is 0 Å². The van der Waals surface area contributed by atoms with Crippen LogP contribution in [0.4, 0.5) is 5.13 Å². The quantitative estimate of drug-likeness (QED) is 0.919. The van der Waals surface area contributed by atoms with Crippen LogP contribution < -0.4 is 10.6 Å². The molecule has 1 aliphatic heterocycles. The molecule has 1 unspecified atom stereocenters. The van der Waals surface area contributed by atoms with Gasteiger partial charge in [0.25, 0.3) is 0 Å². The lowest BCUT2D eigenvalue weighted by Gasteiger charge is -2.25. The zero-order valence-corrected chi connectivity index (χ0v) is 12.0. The molecule has 0 aliphatic carbocycles. The van der Waals surface area contributed by atoms with E-state index in [2.05, 4.69) is 16.8 Å². The fourth-order valence-electron chi connectivity index (χ4n) is 2.03. The summed E-state index contributed by atoms with van der Waals surface area (Å²) in [6.45, 7) is 4.48. The first-order valence-corrected chi connectivity index (χ1v) is 7.06. The first kappa shape index (κ1) is 14.7. The molecule has 1 aromatic rings. The van der Waals surface area contributed by atoms with Crippen LogP contribution in [-0.4, -0.2) is 24.1 Å². The molecule has 2 heterocycles. The minimum Gasteiger partial charge on any atom is -0.348 e. The molecule has 0 spiro atoms. The lowest BCUT2D eigenvalue weighted by atomic mass is 10.1. The third-order valence-corrected chi connectivity index (χ3v) is 4.24. The zero-order valence-electron chi connectivity index (χ0n) is 10.4. The monoisotopic (exact) mass is 275 g/mol. The smallest absolute Gasteiger partial charge is 0.185 e. The Kier molecular flexibility index (Phi) is 6.23. The van der Waals surface area contributed by atoms with E-state index in [-0.39, 0.29) is 18.4 Å². The van der Waals surface area contributed by atoms with Gasteiger partial charge < -0.3 is 10.6 Å². The van der Waals surface area contributed by atoms with Crippen LogP contribution in [0.2, 0.25) is 0 Å². The molecule has 1 fully saturated rings. The number of piperidine rings is 1. The Morgan fingerprint density at radius 3 is 2.76 bits per heavy atom. The molecule has 1 aliphatic rings. The second kappa shape index (κ2) is 7.19. The summed E-state index contributed by atoms with van der Waals surface area (Å²) in [5.41, 5.74) is 5.96. The van der Waals surface area contributed by atoms with Crippen LogP contribution in [0.5, 0.6) is 0 Å². The minimum atomic E-state index is 0. The van der Waals surface area contributed by atoms with Crippen LogP contribution in [-0.2, 0) is 6.42 Å². The van der Waals surface area contributed by atoms with E-state index in [1.165, 1.54) is 42.4 Å². The minimum absolute atomic E-state index is 0. The summed E-state index contributed by atoms with van der Waals surface area (Å²) < 4.78 is 0. The zero-order chi connectivity index (χ0) is 11.4. The number of nitrogens with zero attached hydrogens (tertiary/aromatic N) is 2. The molecule has 1 atom stereocenters. The molecule has 2 N–H and O–H groups in total. The van der Waals surface area contributed by atoms with Gasteiger partial charge in [-0.15, -0.1) is 23.7 Å². The molecule has 98 valence electrons. The van der Waals surface area contributed by atoms with Crippen molar-refractivity contribution in [3.05, 3.63) is 11.1 Å². The van der Waals surface area contributed by atoms with E-state index < -0.39 is 0 Å². The van der Waals surface area contributed by atoms with Crippen molar-refractivity contribution in [2.24, 2.45) is 5.73 Å². The largest absolute Gasteiger partial charge is 0.348 e. The third-order valence-electron chi connectivity index (χ3n) is 3.16. The average Bonchev–Trinajstić information content (AvgIpc) is 2.78. The summed E-state index contributed by atoms with van der Waals surface area (Å²) in [6, 6.07) is 0.287. The number of aromatic nitrogens is 1. The molecule has 1 aromatic heterocycles. The van der Waals surface area contributed by atoms with Crippen molar-refractivity contribution in [1.29, 1.82) is 0 Å². The van der Waals surface area contributed by atoms with Crippen LogP contribution >= 0.6 is 23.7 Å². The van der Waals surface area contributed by atoms with Crippen molar-refractivity contribution in [1.82, 2.24) is 4.98 Å². The van der Waals surface area contributed by atoms with Gasteiger partial charge in [-0.2, -0.15) is 0 Å². The molecule has 5 heteroatoms. The SMILES string of the molecule is CCC(N)Cc1cnc(N2CCCCC2)s1.Cl. The van der Waals surface area contributed by atoms with Gasteiger partial charge >= 0.3 is 0 Å². The van der Waals surface area contributed by atoms with Gasteiger partial charge in [-0.25, -0.2) is 4.98 Å². The molecule has 2 rings (SSSR count). The second-order valence-corrected chi connectivity index (χ2v) is 5.62. The highest BCUT2D eigenvalue weighted by Gasteiger charge is 2.14. The Balaban J connectivity index is 0.00000144. The topological polar surface area (TPSA) is 42.1 Å². The summed E-state index contributed by atoms with van der Waals surface area (Å²) >= 11 is 1.82. The molecule has 0 saturated carbocycles. The highest BCUT2D eigenvalue weighted by atomic mass is 35.5. The maximum atomic E-state index is 5.96. The van der Waals surface area contributed by atoms with Crippen molar-refractivity contribution >= 4 is 28.9 Å².